The van der Waals surface area contributed by atoms with Gasteiger partial charge in [-0.25, -0.2) is 4.79 Å². The summed E-state index contributed by atoms with van der Waals surface area (Å²) in [5.41, 5.74) is 0.268. The number of hydrogen-bond donors (Lipinski definition) is 3. The Kier molecular flexibility index (Phi) is 5.01. The summed E-state index contributed by atoms with van der Waals surface area (Å²) in [6, 6.07) is 3.88. The summed E-state index contributed by atoms with van der Waals surface area (Å²) in [6.07, 6.45) is 1.38. The van der Waals surface area contributed by atoms with Gasteiger partial charge in [-0.05, 0) is 64.9 Å². The Morgan fingerprint density at radius 1 is 1.07 bits per heavy atom. The molecule has 144 valence electrons. The summed E-state index contributed by atoms with van der Waals surface area (Å²) in [7, 11) is 0. The molecule has 1 aromatic rings. The van der Waals surface area contributed by atoms with Gasteiger partial charge in [-0.15, -0.1) is 0 Å². The van der Waals surface area contributed by atoms with Gasteiger partial charge in [-0.2, -0.15) is 0 Å². The standard InChI is InChI=1S/C19H24N4O4/c1-19(2,3)23-16(25)13-5-4-12(10-14(13)17(23)26)21-18(27)22-15(24)11-6-8-20-9-7-11/h4-5,10-11,20H,6-9H2,1-3H3,(H2,21,22,24,27). The summed E-state index contributed by atoms with van der Waals surface area (Å²) < 4.78 is 0. The predicted octanol–water partition coefficient (Wildman–Crippen LogP) is 1.73. The minimum absolute atomic E-state index is 0.184. The number of anilines is 1. The van der Waals surface area contributed by atoms with Crippen LogP contribution in [-0.2, 0) is 4.79 Å². The van der Waals surface area contributed by atoms with Crippen LogP contribution in [0, 0.1) is 5.92 Å². The summed E-state index contributed by atoms with van der Waals surface area (Å²) in [6.45, 7) is 6.87. The molecule has 2 aliphatic heterocycles. The number of carbonyl (C=O) groups is 4. The van der Waals surface area contributed by atoms with Crippen LogP contribution < -0.4 is 16.0 Å². The van der Waals surface area contributed by atoms with E-state index in [0.29, 0.717) is 24.1 Å². The quantitative estimate of drug-likeness (QED) is 0.685. The summed E-state index contributed by atoms with van der Waals surface area (Å²) >= 11 is 0. The first kappa shape index (κ1) is 19.0. The van der Waals surface area contributed by atoms with Crippen LogP contribution in [0.5, 0.6) is 0 Å². The van der Waals surface area contributed by atoms with Crippen molar-refractivity contribution in [3.63, 3.8) is 0 Å². The molecule has 8 heteroatoms. The van der Waals surface area contributed by atoms with E-state index in [9.17, 15) is 19.2 Å². The molecule has 8 nitrogen and oxygen atoms in total. The van der Waals surface area contributed by atoms with Crippen LogP contribution in [0.1, 0.15) is 54.3 Å². The van der Waals surface area contributed by atoms with Gasteiger partial charge in [0.1, 0.15) is 0 Å². The van der Waals surface area contributed by atoms with E-state index in [-0.39, 0.29) is 23.3 Å². The van der Waals surface area contributed by atoms with E-state index >= 15 is 0 Å². The Bertz CT molecular complexity index is 806. The molecular formula is C19H24N4O4. The molecular weight excluding hydrogens is 348 g/mol. The third-order valence-electron chi connectivity index (χ3n) is 4.76. The highest BCUT2D eigenvalue weighted by Gasteiger charge is 2.41. The first-order chi connectivity index (χ1) is 12.7. The third kappa shape index (κ3) is 3.85. The molecule has 0 bridgehead atoms. The molecule has 1 saturated heterocycles. The summed E-state index contributed by atoms with van der Waals surface area (Å²) in [4.78, 5) is 50.5. The number of benzene rings is 1. The molecule has 0 saturated carbocycles. The highest BCUT2D eigenvalue weighted by atomic mass is 16.2. The molecule has 0 spiro atoms. The van der Waals surface area contributed by atoms with Crippen LogP contribution in [0.2, 0.25) is 0 Å². The van der Waals surface area contributed by atoms with Gasteiger partial charge in [0, 0.05) is 17.1 Å². The lowest BCUT2D eigenvalue weighted by Crippen LogP contribution is -2.45. The van der Waals surface area contributed by atoms with Crippen LogP contribution in [0.15, 0.2) is 18.2 Å². The lowest BCUT2D eigenvalue weighted by atomic mass is 9.97. The molecule has 3 rings (SSSR count). The van der Waals surface area contributed by atoms with Crippen molar-refractivity contribution in [1.29, 1.82) is 0 Å². The fraction of sp³-hybridized carbons (Fsp3) is 0.474. The number of fused-ring (bicyclic) bond motifs is 1. The van der Waals surface area contributed by atoms with Crippen molar-refractivity contribution < 1.29 is 19.2 Å². The molecule has 2 heterocycles. The Labute approximate surface area is 157 Å². The highest BCUT2D eigenvalue weighted by Crippen LogP contribution is 2.30. The summed E-state index contributed by atoms with van der Waals surface area (Å²) in [5, 5.41) is 8.07. The number of rotatable bonds is 2. The van der Waals surface area contributed by atoms with Crippen molar-refractivity contribution in [3.8, 4) is 0 Å². The number of imide groups is 2. The maximum atomic E-state index is 12.6. The highest BCUT2D eigenvalue weighted by molar-refractivity contribution is 6.22. The Morgan fingerprint density at radius 3 is 2.33 bits per heavy atom. The largest absolute Gasteiger partial charge is 0.325 e. The minimum Gasteiger partial charge on any atom is -0.317 e. The van der Waals surface area contributed by atoms with Crippen LogP contribution >= 0.6 is 0 Å². The van der Waals surface area contributed by atoms with Crippen molar-refractivity contribution in [3.05, 3.63) is 29.3 Å². The van der Waals surface area contributed by atoms with E-state index in [4.69, 9.17) is 0 Å². The average molecular weight is 372 g/mol. The maximum Gasteiger partial charge on any atom is 0.325 e. The Hall–Kier alpha value is -2.74. The van der Waals surface area contributed by atoms with E-state index in [0.717, 1.165) is 13.1 Å². The van der Waals surface area contributed by atoms with Crippen molar-refractivity contribution in [1.82, 2.24) is 15.5 Å². The van der Waals surface area contributed by atoms with Gasteiger partial charge >= 0.3 is 6.03 Å². The number of piperidine rings is 1. The SMILES string of the molecule is CC(C)(C)N1C(=O)c2ccc(NC(=O)NC(=O)C3CCNCC3)cc2C1=O. The first-order valence-corrected chi connectivity index (χ1v) is 9.04. The van der Waals surface area contributed by atoms with Gasteiger partial charge in [-0.1, -0.05) is 0 Å². The monoisotopic (exact) mass is 372 g/mol. The lowest BCUT2D eigenvalue weighted by molar-refractivity contribution is -0.124. The second-order valence-electron chi connectivity index (χ2n) is 7.84. The number of amides is 5. The number of urea groups is 1. The van der Waals surface area contributed by atoms with E-state index in [1.54, 1.807) is 26.8 Å². The van der Waals surface area contributed by atoms with Crippen LogP contribution in [-0.4, -0.2) is 47.3 Å². The van der Waals surface area contributed by atoms with Gasteiger partial charge in [0.2, 0.25) is 5.91 Å². The van der Waals surface area contributed by atoms with Crippen molar-refractivity contribution in [2.75, 3.05) is 18.4 Å². The van der Waals surface area contributed by atoms with Gasteiger partial charge in [0.25, 0.3) is 11.8 Å². The molecule has 0 aromatic heterocycles. The molecule has 0 aliphatic carbocycles. The van der Waals surface area contributed by atoms with E-state index in [1.165, 1.54) is 17.0 Å². The van der Waals surface area contributed by atoms with E-state index in [1.807, 2.05) is 0 Å². The molecule has 3 N–H and O–H groups in total. The minimum atomic E-state index is -0.650. The molecule has 27 heavy (non-hydrogen) atoms. The topological polar surface area (TPSA) is 108 Å². The van der Waals surface area contributed by atoms with Gasteiger partial charge in [0.05, 0.1) is 11.1 Å². The molecule has 5 amide bonds. The van der Waals surface area contributed by atoms with E-state index in [2.05, 4.69) is 16.0 Å². The average Bonchev–Trinajstić information content (AvgIpc) is 2.86. The van der Waals surface area contributed by atoms with Gasteiger partial charge in [-0.3, -0.25) is 24.6 Å². The zero-order chi connectivity index (χ0) is 19.8. The molecule has 1 fully saturated rings. The van der Waals surface area contributed by atoms with Crippen LogP contribution in [0.3, 0.4) is 0 Å². The molecule has 0 atom stereocenters. The normalized spacial score (nSPS) is 17.7. The summed E-state index contributed by atoms with van der Waals surface area (Å²) in [5.74, 6) is -1.23. The van der Waals surface area contributed by atoms with Crippen molar-refractivity contribution in [2.24, 2.45) is 5.92 Å². The fourth-order valence-corrected chi connectivity index (χ4v) is 3.39. The third-order valence-corrected chi connectivity index (χ3v) is 4.76. The lowest BCUT2D eigenvalue weighted by Gasteiger charge is -2.29. The number of nitrogens with zero attached hydrogens (tertiary/aromatic N) is 1. The zero-order valence-corrected chi connectivity index (χ0v) is 15.7. The van der Waals surface area contributed by atoms with Crippen molar-refractivity contribution in [2.45, 2.75) is 39.2 Å². The van der Waals surface area contributed by atoms with Crippen LogP contribution in [0.4, 0.5) is 10.5 Å². The molecule has 2 aliphatic rings. The Morgan fingerprint density at radius 2 is 1.70 bits per heavy atom. The number of nitrogens with one attached hydrogen (secondary N) is 3. The van der Waals surface area contributed by atoms with Gasteiger partial charge in [0.15, 0.2) is 0 Å². The van der Waals surface area contributed by atoms with Gasteiger partial charge < -0.3 is 10.6 Å². The molecule has 0 unspecified atom stereocenters. The molecule has 0 radical (unpaired) electrons. The predicted molar refractivity (Wildman–Crippen MR) is 99.5 cm³/mol. The maximum absolute atomic E-state index is 12.6. The van der Waals surface area contributed by atoms with Crippen molar-refractivity contribution >= 4 is 29.4 Å². The second kappa shape index (κ2) is 7.11. The number of carbonyl (C=O) groups excluding carboxylic acids is 4. The Balaban J connectivity index is 1.69. The van der Waals surface area contributed by atoms with E-state index < -0.39 is 17.5 Å². The fourth-order valence-electron chi connectivity index (χ4n) is 3.39. The number of hydrogen-bond acceptors (Lipinski definition) is 5. The second-order valence-corrected chi connectivity index (χ2v) is 7.84. The molecule has 1 aromatic carbocycles. The smallest absolute Gasteiger partial charge is 0.317 e. The van der Waals surface area contributed by atoms with Crippen LogP contribution in [0.25, 0.3) is 0 Å². The zero-order valence-electron chi connectivity index (χ0n) is 15.7. The first-order valence-electron chi connectivity index (χ1n) is 9.04.